The van der Waals surface area contributed by atoms with Crippen molar-refractivity contribution in [3.8, 4) is 0 Å². The van der Waals surface area contributed by atoms with Crippen LogP contribution in [0.1, 0.15) is 26.0 Å². The number of thiazole rings is 1. The van der Waals surface area contributed by atoms with Crippen molar-refractivity contribution in [1.82, 2.24) is 4.98 Å². The molecule has 15 heavy (non-hydrogen) atoms. The second kappa shape index (κ2) is 4.99. The highest BCUT2D eigenvalue weighted by molar-refractivity contribution is 8.01. The SMILES string of the molecule is Cc1csc(SCCC(C)(C)C(=N)N)n1. The number of hydrogen-bond acceptors (Lipinski definition) is 4. The van der Waals surface area contributed by atoms with Crippen molar-refractivity contribution >= 4 is 28.9 Å². The van der Waals surface area contributed by atoms with Gasteiger partial charge in [-0.3, -0.25) is 5.41 Å². The highest BCUT2D eigenvalue weighted by Gasteiger charge is 2.21. The van der Waals surface area contributed by atoms with Gasteiger partial charge in [0.05, 0.1) is 5.84 Å². The predicted molar refractivity (Wildman–Crippen MR) is 67.9 cm³/mol. The van der Waals surface area contributed by atoms with Crippen LogP contribution in [0.15, 0.2) is 9.72 Å². The van der Waals surface area contributed by atoms with Crippen LogP contribution in [0.4, 0.5) is 0 Å². The Bertz CT molecular complexity index is 344. The molecule has 84 valence electrons. The van der Waals surface area contributed by atoms with E-state index >= 15 is 0 Å². The van der Waals surface area contributed by atoms with Gasteiger partial charge in [-0.15, -0.1) is 11.3 Å². The van der Waals surface area contributed by atoms with Crippen LogP contribution < -0.4 is 5.73 Å². The maximum absolute atomic E-state index is 7.44. The normalized spacial score (nSPS) is 11.7. The Balaban J connectivity index is 2.36. The van der Waals surface area contributed by atoms with E-state index in [2.05, 4.69) is 10.4 Å². The summed E-state index contributed by atoms with van der Waals surface area (Å²) in [4.78, 5) is 4.37. The highest BCUT2D eigenvalue weighted by Crippen LogP contribution is 2.28. The van der Waals surface area contributed by atoms with E-state index in [0.29, 0.717) is 0 Å². The van der Waals surface area contributed by atoms with Gasteiger partial charge in [0.2, 0.25) is 0 Å². The van der Waals surface area contributed by atoms with Gasteiger partial charge in [0.25, 0.3) is 0 Å². The number of nitrogens with two attached hydrogens (primary N) is 1. The third-order valence-corrected chi connectivity index (χ3v) is 4.42. The van der Waals surface area contributed by atoms with Gasteiger partial charge in [0.1, 0.15) is 4.34 Å². The number of rotatable bonds is 5. The van der Waals surface area contributed by atoms with Gasteiger partial charge in [0, 0.05) is 22.2 Å². The van der Waals surface area contributed by atoms with Gasteiger partial charge in [-0.25, -0.2) is 4.98 Å². The van der Waals surface area contributed by atoms with Crippen LogP contribution in [0, 0.1) is 17.7 Å². The van der Waals surface area contributed by atoms with E-state index in [1.165, 1.54) is 0 Å². The van der Waals surface area contributed by atoms with Gasteiger partial charge in [-0.05, 0) is 13.3 Å². The van der Waals surface area contributed by atoms with Gasteiger partial charge in [-0.1, -0.05) is 25.6 Å². The van der Waals surface area contributed by atoms with Crippen LogP contribution >= 0.6 is 23.1 Å². The molecule has 0 atom stereocenters. The van der Waals surface area contributed by atoms with Crippen LogP contribution in [-0.2, 0) is 0 Å². The van der Waals surface area contributed by atoms with E-state index in [0.717, 1.165) is 22.2 Å². The number of nitrogens with zero attached hydrogens (tertiary/aromatic N) is 1. The van der Waals surface area contributed by atoms with Gasteiger partial charge < -0.3 is 5.73 Å². The first-order chi connectivity index (χ1) is 6.92. The highest BCUT2D eigenvalue weighted by atomic mass is 32.2. The molecule has 0 bridgehead atoms. The van der Waals surface area contributed by atoms with Crippen molar-refractivity contribution < 1.29 is 0 Å². The molecule has 0 aromatic carbocycles. The molecule has 3 N–H and O–H groups in total. The van der Waals surface area contributed by atoms with E-state index in [9.17, 15) is 0 Å². The summed E-state index contributed by atoms with van der Waals surface area (Å²) in [5.74, 6) is 1.22. The molecule has 0 radical (unpaired) electrons. The smallest absolute Gasteiger partial charge is 0.150 e. The Morgan fingerprint density at radius 1 is 1.67 bits per heavy atom. The average molecular weight is 243 g/mol. The third-order valence-electron chi connectivity index (χ3n) is 2.28. The van der Waals surface area contributed by atoms with Crippen LogP contribution in [-0.4, -0.2) is 16.6 Å². The van der Waals surface area contributed by atoms with E-state index < -0.39 is 0 Å². The minimum Gasteiger partial charge on any atom is -0.387 e. The van der Waals surface area contributed by atoms with Crippen LogP contribution in [0.5, 0.6) is 0 Å². The maximum atomic E-state index is 7.44. The van der Waals surface area contributed by atoms with E-state index in [4.69, 9.17) is 11.1 Å². The topological polar surface area (TPSA) is 62.8 Å². The van der Waals surface area contributed by atoms with Crippen LogP contribution in [0.3, 0.4) is 0 Å². The van der Waals surface area contributed by atoms with Crippen LogP contribution in [0.2, 0.25) is 0 Å². The number of aromatic nitrogens is 1. The summed E-state index contributed by atoms with van der Waals surface area (Å²) in [7, 11) is 0. The Labute approximate surface area is 99.0 Å². The molecule has 0 saturated carbocycles. The fourth-order valence-corrected chi connectivity index (χ4v) is 3.11. The summed E-state index contributed by atoms with van der Waals surface area (Å²) in [6.45, 7) is 6.01. The largest absolute Gasteiger partial charge is 0.387 e. The molecule has 0 amide bonds. The average Bonchev–Trinajstić information content (AvgIpc) is 2.51. The number of amidine groups is 1. The zero-order valence-electron chi connectivity index (χ0n) is 9.33. The number of aryl methyl sites for hydroxylation is 1. The molecule has 0 aliphatic heterocycles. The summed E-state index contributed by atoms with van der Waals surface area (Å²) < 4.78 is 1.10. The van der Waals surface area contributed by atoms with E-state index in [1.807, 2.05) is 20.8 Å². The van der Waals surface area contributed by atoms with Crippen molar-refractivity contribution in [3.63, 3.8) is 0 Å². The zero-order chi connectivity index (χ0) is 11.5. The minimum absolute atomic E-state index is 0.195. The summed E-state index contributed by atoms with van der Waals surface area (Å²) >= 11 is 3.42. The first-order valence-electron chi connectivity index (χ1n) is 4.81. The van der Waals surface area contributed by atoms with Crippen molar-refractivity contribution in [2.24, 2.45) is 11.1 Å². The van der Waals surface area contributed by atoms with Crippen LogP contribution in [0.25, 0.3) is 0 Å². The first-order valence-corrected chi connectivity index (χ1v) is 6.68. The fourth-order valence-electron chi connectivity index (χ4n) is 0.927. The molecular formula is C10H17N3S2. The molecular weight excluding hydrogens is 226 g/mol. The molecule has 0 aliphatic carbocycles. The Morgan fingerprint density at radius 2 is 2.33 bits per heavy atom. The lowest BCUT2D eigenvalue weighted by Crippen LogP contribution is -2.31. The van der Waals surface area contributed by atoms with Crippen molar-refractivity contribution in [3.05, 3.63) is 11.1 Å². The number of nitrogens with one attached hydrogen (secondary N) is 1. The minimum atomic E-state index is -0.195. The molecule has 5 heteroatoms. The molecule has 0 spiro atoms. The second-order valence-electron chi connectivity index (χ2n) is 4.15. The van der Waals surface area contributed by atoms with Gasteiger partial charge >= 0.3 is 0 Å². The molecule has 1 aromatic rings. The van der Waals surface area contributed by atoms with Crippen molar-refractivity contribution in [2.45, 2.75) is 31.5 Å². The van der Waals surface area contributed by atoms with Crippen molar-refractivity contribution in [2.75, 3.05) is 5.75 Å². The summed E-state index contributed by atoms with van der Waals surface area (Å²) in [5.41, 5.74) is 6.40. The lowest BCUT2D eigenvalue weighted by molar-refractivity contribution is 0.500. The summed E-state index contributed by atoms with van der Waals surface area (Å²) in [6, 6.07) is 0. The Kier molecular flexibility index (Phi) is 4.16. The fraction of sp³-hybridized carbons (Fsp3) is 0.600. The first kappa shape index (κ1) is 12.5. The molecule has 0 fully saturated rings. The van der Waals surface area contributed by atoms with E-state index in [1.54, 1.807) is 23.1 Å². The molecule has 3 nitrogen and oxygen atoms in total. The molecule has 0 saturated heterocycles. The molecule has 1 heterocycles. The standard InChI is InChI=1S/C10H17N3S2/c1-7-6-15-9(13-7)14-5-4-10(2,3)8(11)12/h6H,4-5H2,1-3H3,(H3,11,12). The quantitative estimate of drug-likeness (QED) is 0.475. The Morgan fingerprint density at radius 3 is 2.80 bits per heavy atom. The monoisotopic (exact) mass is 243 g/mol. The zero-order valence-corrected chi connectivity index (χ0v) is 11.0. The lowest BCUT2D eigenvalue weighted by atomic mass is 9.89. The summed E-state index contributed by atoms with van der Waals surface area (Å²) in [6.07, 6.45) is 0.908. The molecule has 0 aliphatic rings. The summed E-state index contributed by atoms with van der Waals surface area (Å²) in [5, 5.41) is 9.49. The molecule has 0 unspecified atom stereocenters. The van der Waals surface area contributed by atoms with Gasteiger partial charge in [0.15, 0.2) is 0 Å². The molecule has 1 aromatic heterocycles. The Hall–Kier alpha value is -0.550. The molecule has 1 rings (SSSR count). The lowest BCUT2D eigenvalue weighted by Gasteiger charge is -2.21. The predicted octanol–water partition coefficient (Wildman–Crippen LogP) is 2.90. The maximum Gasteiger partial charge on any atom is 0.150 e. The van der Waals surface area contributed by atoms with E-state index in [-0.39, 0.29) is 11.3 Å². The number of hydrogen-bond donors (Lipinski definition) is 2. The van der Waals surface area contributed by atoms with Gasteiger partial charge in [-0.2, -0.15) is 0 Å². The van der Waals surface area contributed by atoms with Crippen molar-refractivity contribution in [1.29, 1.82) is 5.41 Å². The third kappa shape index (κ3) is 3.83. The number of thioether (sulfide) groups is 1. The second-order valence-corrected chi connectivity index (χ2v) is 6.35.